The first-order valence-electron chi connectivity index (χ1n) is 9.25. The largest absolute Gasteiger partial charge is 0.296 e. The van der Waals surface area contributed by atoms with Crippen molar-refractivity contribution in [3.63, 3.8) is 0 Å². The Bertz CT molecular complexity index is 860. The number of piperidine rings is 1. The zero-order chi connectivity index (χ0) is 18.5. The van der Waals surface area contributed by atoms with Gasteiger partial charge in [-0.15, -0.1) is 10.2 Å². The van der Waals surface area contributed by atoms with Crippen LogP contribution in [0.4, 0.5) is 0 Å². The van der Waals surface area contributed by atoms with Crippen molar-refractivity contribution in [2.75, 3.05) is 13.1 Å². The Labute approximate surface area is 168 Å². The Morgan fingerprint density at radius 1 is 0.963 bits per heavy atom. The maximum atomic E-state index is 6.09. The zero-order valence-corrected chi connectivity index (χ0v) is 16.7. The number of benzene rings is 1. The molecule has 0 spiro atoms. The van der Waals surface area contributed by atoms with Crippen molar-refractivity contribution < 1.29 is 0 Å². The molecular formula is C20H22ClN5S. The minimum Gasteiger partial charge on any atom is -0.296 e. The predicted octanol–water partition coefficient (Wildman–Crippen LogP) is 4.59. The molecule has 0 unspecified atom stereocenters. The standard InChI is InChI=1S/C20H22ClN5S/c21-16-7-9-18(10-8-16)26-19(14-25-12-4-1-5-13-25)23-24-20(26)27-15-17-6-2-3-11-22-17/h2-3,6-11H,1,4-5,12-15H2. The molecule has 1 aromatic carbocycles. The number of thioether (sulfide) groups is 1. The summed E-state index contributed by atoms with van der Waals surface area (Å²) in [5.41, 5.74) is 2.07. The van der Waals surface area contributed by atoms with Gasteiger partial charge < -0.3 is 0 Å². The smallest absolute Gasteiger partial charge is 0.196 e. The first-order chi connectivity index (χ1) is 13.3. The molecule has 5 nitrogen and oxygen atoms in total. The highest BCUT2D eigenvalue weighted by molar-refractivity contribution is 7.98. The average molecular weight is 400 g/mol. The summed E-state index contributed by atoms with van der Waals surface area (Å²) in [7, 11) is 0. The zero-order valence-electron chi connectivity index (χ0n) is 15.1. The summed E-state index contributed by atoms with van der Waals surface area (Å²) in [6, 6.07) is 13.8. The number of aromatic nitrogens is 4. The van der Waals surface area contributed by atoms with E-state index in [0.717, 1.165) is 52.8 Å². The molecular weight excluding hydrogens is 378 g/mol. The molecule has 3 heterocycles. The molecule has 1 saturated heterocycles. The molecule has 0 N–H and O–H groups in total. The molecule has 4 rings (SSSR count). The number of nitrogens with zero attached hydrogens (tertiary/aromatic N) is 5. The van der Waals surface area contributed by atoms with Crippen LogP contribution in [0.2, 0.25) is 5.02 Å². The first kappa shape index (κ1) is 18.5. The molecule has 1 aliphatic heterocycles. The van der Waals surface area contributed by atoms with Crippen molar-refractivity contribution in [1.29, 1.82) is 0 Å². The summed E-state index contributed by atoms with van der Waals surface area (Å²) in [6.45, 7) is 3.08. The lowest BCUT2D eigenvalue weighted by Gasteiger charge is -2.26. The Kier molecular flexibility index (Phi) is 6.07. The summed E-state index contributed by atoms with van der Waals surface area (Å²) >= 11 is 7.74. The molecule has 2 aromatic heterocycles. The Morgan fingerprint density at radius 2 is 1.78 bits per heavy atom. The van der Waals surface area contributed by atoms with E-state index in [1.54, 1.807) is 11.8 Å². The van der Waals surface area contributed by atoms with Crippen molar-refractivity contribution in [2.45, 2.75) is 36.7 Å². The lowest BCUT2D eigenvalue weighted by molar-refractivity contribution is 0.214. The highest BCUT2D eigenvalue weighted by atomic mass is 35.5. The summed E-state index contributed by atoms with van der Waals surface area (Å²) < 4.78 is 2.15. The molecule has 27 heavy (non-hydrogen) atoms. The lowest BCUT2D eigenvalue weighted by atomic mass is 10.1. The first-order valence-corrected chi connectivity index (χ1v) is 10.6. The molecule has 0 radical (unpaired) electrons. The van der Waals surface area contributed by atoms with E-state index in [-0.39, 0.29) is 0 Å². The van der Waals surface area contributed by atoms with Gasteiger partial charge in [0.1, 0.15) is 0 Å². The van der Waals surface area contributed by atoms with Crippen molar-refractivity contribution in [3.05, 3.63) is 65.2 Å². The van der Waals surface area contributed by atoms with Gasteiger partial charge in [-0.2, -0.15) is 0 Å². The molecule has 0 bridgehead atoms. The fourth-order valence-electron chi connectivity index (χ4n) is 3.29. The minimum atomic E-state index is 0.729. The van der Waals surface area contributed by atoms with Gasteiger partial charge in [-0.1, -0.05) is 35.9 Å². The molecule has 0 aliphatic carbocycles. The minimum absolute atomic E-state index is 0.729. The highest BCUT2D eigenvalue weighted by Gasteiger charge is 2.19. The maximum Gasteiger partial charge on any atom is 0.196 e. The monoisotopic (exact) mass is 399 g/mol. The van der Waals surface area contributed by atoms with Crippen molar-refractivity contribution >= 4 is 23.4 Å². The summed E-state index contributed by atoms with van der Waals surface area (Å²) in [5.74, 6) is 1.73. The Balaban J connectivity index is 1.60. The van der Waals surface area contributed by atoms with Gasteiger partial charge in [0.15, 0.2) is 11.0 Å². The van der Waals surface area contributed by atoms with Crippen LogP contribution in [0.25, 0.3) is 5.69 Å². The number of halogens is 1. The third-order valence-electron chi connectivity index (χ3n) is 4.67. The molecule has 0 amide bonds. The molecule has 0 saturated carbocycles. The SMILES string of the molecule is Clc1ccc(-n2c(CN3CCCCC3)nnc2SCc2ccccn2)cc1. The summed E-state index contributed by atoms with van der Waals surface area (Å²) in [4.78, 5) is 6.87. The van der Waals surface area contributed by atoms with Crippen LogP contribution in [0.1, 0.15) is 30.8 Å². The molecule has 1 fully saturated rings. The predicted molar refractivity (Wildman–Crippen MR) is 109 cm³/mol. The van der Waals surface area contributed by atoms with Crippen LogP contribution in [0.15, 0.2) is 53.8 Å². The van der Waals surface area contributed by atoms with Crippen LogP contribution in [0.3, 0.4) is 0 Å². The summed E-state index contributed by atoms with van der Waals surface area (Å²) in [6.07, 6.45) is 5.67. The second-order valence-corrected chi connectivity index (χ2v) is 8.04. The normalized spacial score (nSPS) is 15.1. The van der Waals surface area contributed by atoms with E-state index in [1.165, 1.54) is 19.3 Å². The number of pyridine rings is 1. The van der Waals surface area contributed by atoms with E-state index in [4.69, 9.17) is 11.6 Å². The van der Waals surface area contributed by atoms with Gasteiger partial charge in [-0.3, -0.25) is 14.5 Å². The van der Waals surface area contributed by atoms with Gasteiger partial charge >= 0.3 is 0 Å². The van der Waals surface area contributed by atoms with Crippen LogP contribution >= 0.6 is 23.4 Å². The number of hydrogen-bond acceptors (Lipinski definition) is 5. The lowest BCUT2D eigenvalue weighted by Crippen LogP contribution is -2.30. The second kappa shape index (κ2) is 8.87. The number of likely N-dealkylation sites (tertiary alicyclic amines) is 1. The number of rotatable bonds is 6. The second-order valence-electron chi connectivity index (χ2n) is 6.66. The molecule has 140 valence electrons. The van der Waals surface area contributed by atoms with Crippen LogP contribution in [0, 0.1) is 0 Å². The van der Waals surface area contributed by atoms with Crippen LogP contribution in [-0.2, 0) is 12.3 Å². The van der Waals surface area contributed by atoms with Crippen LogP contribution < -0.4 is 0 Å². The van der Waals surface area contributed by atoms with Gasteiger partial charge in [0.2, 0.25) is 0 Å². The highest BCUT2D eigenvalue weighted by Crippen LogP contribution is 2.26. The quantitative estimate of drug-likeness (QED) is 0.567. The van der Waals surface area contributed by atoms with Gasteiger partial charge in [-0.25, -0.2) is 0 Å². The van der Waals surface area contributed by atoms with E-state index in [0.29, 0.717) is 0 Å². The van der Waals surface area contributed by atoms with E-state index in [2.05, 4.69) is 24.6 Å². The van der Waals surface area contributed by atoms with E-state index >= 15 is 0 Å². The average Bonchev–Trinajstić information content (AvgIpc) is 3.11. The Morgan fingerprint density at radius 3 is 2.52 bits per heavy atom. The molecule has 7 heteroatoms. The topological polar surface area (TPSA) is 46.8 Å². The van der Waals surface area contributed by atoms with Crippen molar-refractivity contribution in [3.8, 4) is 5.69 Å². The number of hydrogen-bond donors (Lipinski definition) is 0. The Hall–Kier alpha value is -1.89. The third-order valence-corrected chi connectivity index (χ3v) is 5.89. The van der Waals surface area contributed by atoms with Gasteiger partial charge in [0, 0.05) is 22.7 Å². The van der Waals surface area contributed by atoms with Gasteiger partial charge in [0.05, 0.1) is 12.2 Å². The fraction of sp³-hybridized carbons (Fsp3) is 0.350. The third kappa shape index (κ3) is 4.69. The fourth-order valence-corrected chi connectivity index (χ4v) is 4.30. The van der Waals surface area contributed by atoms with Crippen LogP contribution in [-0.4, -0.2) is 37.7 Å². The van der Waals surface area contributed by atoms with E-state index in [1.807, 2.05) is 48.7 Å². The molecule has 3 aromatic rings. The van der Waals surface area contributed by atoms with Crippen molar-refractivity contribution in [2.24, 2.45) is 0 Å². The van der Waals surface area contributed by atoms with Crippen LogP contribution in [0.5, 0.6) is 0 Å². The van der Waals surface area contributed by atoms with E-state index in [9.17, 15) is 0 Å². The molecule has 0 atom stereocenters. The molecule has 1 aliphatic rings. The van der Waals surface area contributed by atoms with E-state index < -0.39 is 0 Å². The van der Waals surface area contributed by atoms with Gasteiger partial charge in [0.25, 0.3) is 0 Å². The van der Waals surface area contributed by atoms with Gasteiger partial charge in [-0.05, 0) is 62.3 Å². The maximum absolute atomic E-state index is 6.09. The summed E-state index contributed by atoms with van der Waals surface area (Å²) in [5, 5.41) is 10.6. The van der Waals surface area contributed by atoms with Crippen molar-refractivity contribution in [1.82, 2.24) is 24.6 Å².